The lowest BCUT2D eigenvalue weighted by Gasteiger charge is -2.35. The van der Waals surface area contributed by atoms with E-state index in [1.165, 1.54) is 15.4 Å². The molecule has 2 amide bonds. The number of rotatable bonds is 8. The molecule has 2 N–H and O–H groups in total. The molecule has 1 saturated carbocycles. The maximum Gasteiger partial charge on any atom is 0.393 e. The first-order chi connectivity index (χ1) is 22.6. The number of halogens is 5. The summed E-state index contributed by atoms with van der Waals surface area (Å²) in [6.45, 7) is 6.10. The number of carbonyl (C=O) groups excluding carboxylic acids is 2. The van der Waals surface area contributed by atoms with Crippen molar-refractivity contribution in [3.63, 3.8) is 0 Å². The zero-order chi connectivity index (χ0) is 34.4. The highest BCUT2D eigenvalue weighted by Gasteiger charge is 2.45. The number of aryl methyl sites for hydroxylation is 1. The number of carbonyl (C=O) groups is 2. The summed E-state index contributed by atoms with van der Waals surface area (Å²) < 4.78 is 78.3. The van der Waals surface area contributed by atoms with Crippen LogP contribution < -0.4 is 10.6 Å². The topological polar surface area (TPSA) is 128 Å². The monoisotopic (exact) mass is 680 g/mol. The molecule has 2 aliphatic heterocycles. The maximum absolute atomic E-state index is 14.2. The molecule has 16 heteroatoms. The van der Waals surface area contributed by atoms with Crippen molar-refractivity contribution in [2.75, 3.05) is 13.2 Å². The number of nitrogens with one attached hydrogen (secondary N) is 2. The Morgan fingerprint density at radius 1 is 1.17 bits per heavy atom. The van der Waals surface area contributed by atoms with Gasteiger partial charge in [0.15, 0.2) is 0 Å². The van der Waals surface area contributed by atoms with Crippen molar-refractivity contribution in [2.24, 2.45) is 17.8 Å². The van der Waals surface area contributed by atoms with Gasteiger partial charge < -0.3 is 15.4 Å². The number of aromatic nitrogens is 6. The number of imidazole rings is 1. The van der Waals surface area contributed by atoms with Gasteiger partial charge in [0.2, 0.25) is 11.8 Å². The molecule has 3 fully saturated rings. The third-order valence-electron chi connectivity index (χ3n) is 10.0. The van der Waals surface area contributed by atoms with Gasteiger partial charge in [0.1, 0.15) is 5.69 Å². The number of hydrogen-bond donors (Lipinski definition) is 2. The van der Waals surface area contributed by atoms with Crippen molar-refractivity contribution >= 4 is 17.6 Å². The molecular weight excluding hydrogens is 639 g/mol. The highest BCUT2D eigenvalue weighted by Crippen LogP contribution is 2.42. The van der Waals surface area contributed by atoms with Crippen LogP contribution in [0.5, 0.6) is 0 Å². The summed E-state index contributed by atoms with van der Waals surface area (Å²) in [7, 11) is 0. The van der Waals surface area contributed by atoms with Crippen molar-refractivity contribution in [3.05, 3.63) is 41.2 Å². The zero-order valence-corrected chi connectivity index (χ0v) is 27.2. The molecule has 0 bridgehead atoms. The number of nitrogens with zero attached hydrogens (tertiary/aromatic N) is 6. The first kappa shape index (κ1) is 34.2. The van der Waals surface area contributed by atoms with E-state index in [1.54, 1.807) is 12.3 Å². The highest BCUT2D eigenvalue weighted by atomic mass is 19.4. The van der Waals surface area contributed by atoms with Crippen molar-refractivity contribution < 1.29 is 36.3 Å². The van der Waals surface area contributed by atoms with Crippen molar-refractivity contribution in [1.29, 1.82) is 0 Å². The molecule has 0 aromatic carbocycles. The highest BCUT2D eigenvalue weighted by molar-refractivity contribution is 5.92. The largest absolute Gasteiger partial charge is 0.393 e. The van der Waals surface area contributed by atoms with Gasteiger partial charge in [-0.05, 0) is 64.9 Å². The van der Waals surface area contributed by atoms with Crippen LogP contribution in [0.2, 0.25) is 0 Å². The van der Waals surface area contributed by atoms with Crippen LogP contribution >= 0.6 is 0 Å². The number of fused-ring (bicyclic) bond motifs is 1. The summed E-state index contributed by atoms with van der Waals surface area (Å²) >= 11 is 0. The molecule has 1 aliphatic carbocycles. The normalized spacial score (nSPS) is 25.5. The van der Waals surface area contributed by atoms with Crippen molar-refractivity contribution in [1.82, 2.24) is 40.0 Å². The summed E-state index contributed by atoms with van der Waals surface area (Å²) in [5, 5.41) is 14.3. The smallest absolute Gasteiger partial charge is 0.375 e. The van der Waals surface area contributed by atoms with Gasteiger partial charge in [-0.15, -0.1) is 0 Å². The first-order valence-electron chi connectivity index (χ1n) is 16.6. The molecule has 3 aromatic heterocycles. The zero-order valence-electron chi connectivity index (χ0n) is 27.2. The van der Waals surface area contributed by atoms with Crippen LogP contribution in [0, 0.1) is 17.8 Å². The summed E-state index contributed by atoms with van der Waals surface area (Å²) in [4.78, 5) is 35.8. The Morgan fingerprint density at radius 3 is 2.58 bits per heavy atom. The SMILES string of the molecule is CCn1nccc1C(=O)N[C@H](c1cn2nc(C[C@H]3C[C@@H](C(F)(F)F)CNC3=O)c([C@H]3CCC(C)(C)OC3)nc2n1)C1CCC(F)(F)CC1. The molecule has 0 unspecified atom stereocenters. The molecule has 0 radical (unpaired) electrons. The summed E-state index contributed by atoms with van der Waals surface area (Å²) in [6.07, 6.45) is -0.755. The van der Waals surface area contributed by atoms with E-state index in [0.29, 0.717) is 48.8 Å². The molecule has 262 valence electrons. The van der Waals surface area contributed by atoms with Crippen LogP contribution in [-0.2, 0) is 22.5 Å². The lowest BCUT2D eigenvalue weighted by atomic mass is 9.81. The van der Waals surface area contributed by atoms with Crippen molar-refractivity contribution in [3.8, 4) is 0 Å². The fourth-order valence-electron chi connectivity index (χ4n) is 7.11. The lowest BCUT2D eigenvalue weighted by molar-refractivity contribution is -0.183. The van der Waals surface area contributed by atoms with E-state index in [9.17, 15) is 31.5 Å². The maximum atomic E-state index is 14.2. The predicted molar refractivity (Wildman–Crippen MR) is 162 cm³/mol. The fraction of sp³-hybridized carbons (Fsp3) is 0.688. The van der Waals surface area contributed by atoms with Gasteiger partial charge in [0.05, 0.1) is 47.4 Å². The van der Waals surface area contributed by atoms with E-state index in [2.05, 4.69) is 15.7 Å². The second-order valence-corrected chi connectivity index (χ2v) is 14.0. The first-order valence-corrected chi connectivity index (χ1v) is 16.6. The van der Waals surface area contributed by atoms with Crippen LogP contribution in [0.3, 0.4) is 0 Å². The molecule has 2 saturated heterocycles. The molecular formula is C32H41F5N8O3. The van der Waals surface area contributed by atoms with Gasteiger partial charge in [0.25, 0.3) is 11.7 Å². The third-order valence-corrected chi connectivity index (χ3v) is 10.0. The standard InChI is InChI=1S/C32H41F5N8O3/c1-4-44-24(8-12-39-44)28(47)41-25(18-6-10-31(33,34)11-7-18)23-16-45-29(40-23)42-26(19-5-9-30(2,3)48-17-19)22(43-45)14-20-13-21(32(35,36)37)15-38-27(20)46/h8,12,16,18-21,25H,4-7,9-11,13-15,17H2,1-3H3,(H,38,46)(H,41,47)/t19-,20+,21+,25-/m0/s1. The predicted octanol–water partition coefficient (Wildman–Crippen LogP) is 5.17. The van der Waals surface area contributed by atoms with E-state index in [-0.39, 0.29) is 61.7 Å². The van der Waals surface area contributed by atoms with Crippen LogP contribution in [0.25, 0.3) is 5.78 Å². The van der Waals surface area contributed by atoms with Gasteiger partial charge in [-0.1, -0.05) is 0 Å². The van der Waals surface area contributed by atoms with Gasteiger partial charge in [-0.3, -0.25) is 14.3 Å². The van der Waals surface area contributed by atoms with Gasteiger partial charge in [-0.2, -0.15) is 23.4 Å². The minimum atomic E-state index is -4.45. The Kier molecular flexibility index (Phi) is 9.24. The van der Waals surface area contributed by atoms with Crippen LogP contribution in [0.4, 0.5) is 22.0 Å². The Hall–Kier alpha value is -3.69. The number of ether oxygens (including phenoxy) is 1. The molecule has 0 spiro atoms. The second-order valence-electron chi connectivity index (χ2n) is 14.0. The molecule has 48 heavy (non-hydrogen) atoms. The molecule has 3 aromatic rings. The van der Waals surface area contributed by atoms with Crippen LogP contribution in [0.15, 0.2) is 18.5 Å². The average Bonchev–Trinajstić information content (AvgIpc) is 3.67. The van der Waals surface area contributed by atoms with Gasteiger partial charge >= 0.3 is 6.18 Å². The lowest BCUT2D eigenvalue weighted by Crippen LogP contribution is -2.47. The fourth-order valence-corrected chi connectivity index (χ4v) is 7.11. The number of alkyl halides is 5. The minimum absolute atomic E-state index is 0.0665. The summed E-state index contributed by atoms with van der Waals surface area (Å²) in [6, 6.07) is 0.828. The average molecular weight is 681 g/mol. The minimum Gasteiger partial charge on any atom is -0.375 e. The van der Waals surface area contributed by atoms with E-state index in [1.807, 2.05) is 20.8 Å². The number of hydrogen-bond acceptors (Lipinski definition) is 7. The summed E-state index contributed by atoms with van der Waals surface area (Å²) in [5.74, 6) is -6.73. The van der Waals surface area contributed by atoms with E-state index in [4.69, 9.17) is 19.8 Å². The second kappa shape index (κ2) is 13.0. The van der Waals surface area contributed by atoms with E-state index < -0.39 is 48.3 Å². The Labute approximate surface area is 274 Å². The Morgan fingerprint density at radius 2 is 1.92 bits per heavy atom. The molecule has 5 heterocycles. The van der Waals surface area contributed by atoms with E-state index in [0.717, 1.165) is 0 Å². The van der Waals surface area contributed by atoms with Crippen LogP contribution in [-0.4, -0.2) is 72.0 Å². The van der Waals surface area contributed by atoms with Gasteiger partial charge in [-0.25, -0.2) is 23.3 Å². The number of amides is 2. The van der Waals surface area contributed by atoms with Crippen LogP contribution in [0.1, 0.15) is 105 Å². The quantitative estimate of drug-likeness (QED) is 0.315. The van der Waals surface area contributed by atoms with E-state index >= 15 is 0 Å². The molecule has 4 atom stereocenters. The van der Waals surface area contributed by atoms with Gasteiger partial charge in [0, 0.05) is 50.4 Å². The van der Waals surface area contributed by atoms with Crippen molar-refractivity contribution in [2.45, 2.75) is 108 Å². The molecule has 3 aliphatic rings. The molecule has 6 rings (SSSR count). The Balaban J connectivity index is 1.36. The molecule has 11 nitrogen and oxygen atoms in total. The number of piperidine rings is 1. The Bertz CT molecular complexity index is 1630. The third kappa shape index (κ3) is 7.32. The summed E-state index contributed by atoms with van der Waals surface area (Å²) in [5.41, 5.74) is 1.20.